The normalized spacial score (nSPS) is 14.1. The number of para-hydroxylation sites is 2. The molecule has 0 saturated carbocycles. The summed E-state index contributed by atoms with van der Waals surface area (Å²) in [4.78, 5) is 0. The Morgan fingerprint density at radius 1 is 1.20 bits per heavy atom. The minimum atomic E-state index is 0.248. The number of ether oxygens (including phenoxy) is 2. The molecule has 3 nitrogen and oxygen atoms in total. The third-order valence-corrected chi connectivity index (χ3v) is 4.17. The maximum absolute atomic E-state index is 5.90. The van der Waals surface area contributed by atoms with Gasteiger partial charge < -0.3 is 14.8 Å². The van der Waals surface area contributed by atoms with Crippen molar-refractivity contribution >= 4 is 0 Å². The number of benzene rings is 1. The first-order chi connectivity index (χ1) is 9.53. The topological polar surface area (TPSA) is 30.5 Å². The molecule has 20 heavy (non-hydrogen) atoms. The molecule has 0 bridgehead atoms. The van der Waals surface area contributed by atoms with Gasteiger partial charge in [-0.15, -0.1) is 0 Å². The third kappa shape index (κ3) is 4.71. The van der Waals surface area contributed by atoms with Gasteiger partial charge in [0, 0.05) is 6.54 Å². The van der Waals surface area contributed by atoms with Crippen LogP contribution >= 0.6 is 0 Å². The molecule has 0 spiro atoms. The number of rotatable bonds is 9. The second-order valence-electron chi connectivity index (χ2n) is 5.84. The van der Waals surface area contributed by atoms with E-state index < -0.39 is 0 Å². The van der Waals surface area contributed by atoms with Crippen LogP contribution in [-0.4, -0.2) is 26.8 Å². The highest BCUT2D eigenvalue weighted by atomic mass is 16.5. The van der Waals surface area contributed by atoms with Crippen molar-refractivity contribution in [2.24, 2.45) is 11.3 Å². The maximum atomic E-state index is 5.90. The predicted molar refractivity (Wildman–Crippen MR) is 84.6 cm³/mol. The molecule has 0 heterocycles. The van der Waals surface area contributed by atoms with Crippen molar-refractivity contribution in [3.8, 4) is 11.5 Å². The van der Waals surface area contributed by atoms with E-state index in [9.17, 15) is 0 Å². The molecule has 1 atom stereocenters. The Morgan fingerprint density at radius 3 is 2.40 bits per heavy atom. The van der Waals surface area contributed by atoms with E-state index in [1.165, 1.54) is 0 Å². The molecule has 0 aliphatic heterocycles. The Morgan fingerprint density at radius 2 is 1.85 bits per heavy atom. The van der Waals surface area contributed by atoms with Crippen molar-refractivity contribution in [1.29, 1.82) is 0 Å². The van der Waals surface area contributed by atoms with Crippen molar-refractivity contribution in [3.05, 3.63) is 24.3 Å². The van der Waals surface area contributed by atoms with Gasteiger partial charge in [0.05, 0.1) is 13.7 Å². The number of methoxy groups -OCH3 is 1. The maximum Gasteiger partial charge on any atom is 0.161 e. The monoisotopic (exact) mass is 279 g/mol. The molecule has 1 unspecified atom stereocenters. The van der Waals surface area contributed by atoms with Gasteiger partial charge in [-0.3, -0.25) is 0 Å². The highest BCUT2D eigenvalue weighted by Gasteiger charge is 2.27. The molecule has 0 aromatic heterocycles. The fraction of sp³-hybridized carbons (Fsp3) is 0.647. The molecule has 1 rings (SSSR count). The second-order valence-corrected chi connectivity index (χ2v) is 5.84. The van der Waals surface area contributed by atoms with Gasteiger partial charge in [-0.2, -0.15) is 0 Å². The average Bonchev–Trinajstić information content (AvgIpc) is 2.45. The fourth-order valence-corrected chi connectivity index (χ4v) is 2.12. The highest BCUT2D eigenvalue weighted by Crippen LogP contribution is 2.32. The molecule has 0 fully saturated rings. The summed E-state index contributed by atoms with van der Waals surface area (Å²) in [5, 5.41) is 3.46. The molecular formula is C17H29NO2. The first-order valence-corrected chi connectivity index (χ1v) is 7.50. The summed E-state index contributed by atoms with van der Waals surface area (Å²) in [6.45, 7) is 11.8. The molecule has 1 N–H and O–H groups in total. The van der Waals surface area contributed by atoms with E-state index in [0.717, 1.165) is 31.0 Å². The van der Waals surface area contributed by atoms with Crippen LogP contribution in [0.1, 0.15) is 34.1 Å². The molecule has 114 valence electrons. The lowest BCUT2D eigenvalue weighted by atomic mass is 9.76. The molecule has 0 aliphatic carbocycles. The van der Waals surface area contributed by atoms with Gasteiger partial charge in [-0.25, -0.2) is 0 Å². The third-order valence-electron chi connectivity index (χ3n) is 4.17. The molecule has 3 heteroatoms. The SMILES string of the molecule is CCNCC(C)(CCOc1ccccc1OC)C(C)C. The molecule has 0 amide bonds. The summed E-state index contributed by atoms with van der Waals surface area (Å²) >= 11 is 0. The lowest BCUT2D eigenvalue weighted by molar-refractivity contribution is 0.149. The first-order valence-electron chi connectivity index (χ1n) is 7.50. The minimum Gasteiger partial charge on any atom is -0.493 e. The Bertz CT molecular complexity index is 392. The van der Waals surface area contributed by atoms with Gasteiger partial charge in [-0.05, 0) is 36.4 Å². The Hall–Kier alpha value is -1.22. The van der Waals surface area contributed by atoms with E-state index in [4.69, 9.17) is 9.47 Å². The highest BCUT2D eigenvalue weighted by molar-refractivity contribution is 5.39. The molecule has 1 aromatic carbocycles. The Balaban J connectivity index is 2.56. The second kappa shape index (κ2) is 8.15. The van der Waals surface area contributed by atoms with E-state index in [2.05, 4.69) is 33.0 Å². The molecule has 0 saturated heterocycles. The summed E-state index contributed by atoms with van der Waals surface area (Å²) in [5.41, 5.74) is 0.248. The number of nitrogens with one attached hydrogen (secondary N) is 1. The summed E-state index contributed by atoms with van der Waals surface area (Å²) in [7, 11) is 1.67. The van der Waals surface area contributed by atoms with Gasteiger partial charge in [0.15, 0.2) is 11.5 Å². The van der Waals surface area contributed by atoms with E-state index >= 15 is 0 Å². The van der Waals surface area contributed by atoms with Gasteiger partial charge in [-0.1, -0.05) is 39.8 Å². The summed E-state index contributed by atoms with van der Waals surface area (Å²) < 4.78 is 11.2. The largest absolute Gasteiger partial charge is 0.493 e. The van der Waals surface area contributed by atoms with E-state index in [0.29, 0.717) is 12.5 Å². The minimum absolute atomic E-state index is 0.248. The summed E-state index contributed by atoms with van der Waals surface area (Å²) in [6, 6.07) is 7.80. The predicted octanol–water partition coefficient (Wildman–Crippen LogP) is 3.74. The Labute approximate surface area is 123 Å². The van der Waals surface area contributed by atoms with Crippen LogP contribution in [0.2, 0.25) is 0 Å². The van der Waals surface area contributed by atoms with Crippen molar-refractivity contribution in [2.75, 3.05) is 26.8 Å². The lowest BCUT2D eigenvalue weighted by Gasteiger charge is -2.34. The van der Waals surface area contributed by atoms with E-state index in [1.54, 1.807) is 7.11 Å². The quantitative estimate of drug-likeness (QED) is 0.747. The molecule has 0 aliphatic rings. The molecule has 1 aromatic rings. The van der Waals surface area contributed by atoms with E-state index in [-0.39, 0.29) is 5.41 Å². The van der Waals surface area contributed by atoms with Crippen LogP contribution in [0.25, 0.3) is 0 Å². The van der Waals surface area contributed by atoms with Crippen molar-refractivity contribution in [3.63, 3.8) is 0 Å². The van der Waals surface area contributed by atoms with Gasteiger partial charge in [0.25, 0.3) is 0 Å². The van der Waals surface area contributed by atoms with E-state index in [1.807, 2.05) is 24.3 Å². The standard InChI is InChI=1S/C17H29NO2/c1-6-18-13-17(4,14(2)3)11-12-20-16-10-8-7-9-15(16)19-5/h7-10,14,18H,6,11-13H2,1-5H3. The Kier molecular flexibility index (Phi) is 6.86. The zero-order valence-corrected chi connectivity index (χ0v) is 13.5. The average molecular weight is 279 g/mol. The van der Waals surface area contributed by atoms with Crippen molar-refractivity contribution in [2.45, 2.75) is 34.1 Å². The fourth-order valence-electron chi connectivity index (χ4n) is 2.12. The number of hydrogen-bond donors (Lipinski definition) is 1. The summed E-state index contributed by atoms with van der Waals surface area (Å²) in [6.07, 6.45) is 1.02. The zero-order valence-electron chi connectivity index (χ0n) is 13.5. The van der Waals surface area contributed by atoms with Crippen LogP contribution in [0, 0.1) is 11.3 Å². The van der Waals surface area contributed by atoms with Crippen LogP contribution in [0.15, 0.2) is 24.3 Å². The summed E-state index contributed by atoms with van der Waals surface area (Å²) in [5.74, 6) is 2.23. The zero-order chi connectivity index (χ0) is 15.0. The molecule has 0 radical (unpaired) electrons. The van der Waals surface area contributed by atoms with Crippen LogP contribution in [0.4, 0.5) is 0 Å². The van der Waals surface area contributed by atoms with Crippen molar-refractivity contribution < 1.29 is 9.47 Å². The lowest BCUT2D eigenvalue weighted by Crippen LogP contribution is -2.37. The number of hydrogen-bond acceptors (Lipinski definition) is 3. The molecular weight excluding hydrogens is 250 g/mol. The van der Waals surface area contributed by atoms with Crippen LogP contribution in [0.5, 0.6) is 11.5 Å². The van der Waals surface area contributed by atoms with Crippen LogP contribution in [-0.2, 0) is 0 Å². The van der Waals surface area contributed by atoms with Gasteiger partial charge >= 0.3 is 0 Å². The van der Waals surface area contributed by atoms with Gasteiger partial charge in [0.1, 0.15) is 0 Å². The first kappa shape index (κ1) is 16.8. The van der Waals surface area contributed by atoms with Crippen LogP contribution < -0.4 is 14.8 Å². The van der Waals surface area contributed by atoms with Crippen LogP contribution in [0.3, 0.4) is 0 Å². The van der Waals surface area contributed by atoms with Crippen molar-refractivity contribution in [1.82, 2.24) is 5.32 Å². The van der Waals surface area contributed by atoms with Gasteiger partial charge in [0.2, 0.25) is 0 Å². The smallest absolute Gasteiger partial charge is 0.161 e.